The molecule has 0 heterocycles. The van der Waals surface area contributed by atoms with Gasteiger partial charge in [0.2, 0.25) is 5.78 Å². The van der Waals surface area contributed by atoms with Crippen LogP contribution >= 0.6 is 0 Å². The van der Waals surface area contributed by atoms with E-state index in [2.05, 4.69) is 0 Å². The molecule has 4 atom stereocenters. The van der Waals surface area contributed by atoms with Gasteiger partial charge >= 0.3 is 5.97 Å². The summed E-state index contributed by atoms with van der Waals surface area (Å²) in [5.74, 6) is -3.26. The maximum atomic E-state index is 12.2. The fourth-order valence-corrected chi connectivity index (χ4v) is 3.04. The summed E-state index contributed by atoms with van der Waals surface area (Å²) in [4.78, 5) is 21.2. The average molecular weight is 392 g/mol. The van der Waals surface area contributed by atoms with Crippen molar-refractivity contribution in [2.75, 3.05) is 6.61 Å². The zero-order valence-electron chi connectivity index (χ0n) is 13.7. The van der Waals surface area contributed by atoms with Crippen molar-refractivity contribution in [1.82, 2.24) is 0 Å². The van der Waals surface area contributed by atoms with E-state index in [-0.39, 0.29) is 4.90 Å². The van der Waals surface area contributed by atoms with E-state index in [0.29, 0.717) is 0 Å². The molecule has 0 saturated carbocycles. The molecule has 0 aliphatic carbocycles. The maximum absolute atomic E-state index is 12.2. The van der Waals surface area contributed by atoms with Crippen molar-refractivity contribution in [3.05, 3.63) is 29.8 Å². The summed E-state index contributed by atoms with van der Waals surface area (Å²) >= 11 is 0. The minimum atomic E-state index is -4.40. The molecule has 146 valence electrons. The second kappa shape index (κ2) is 9.16. The lowest BCUT2D eigenvalue weighted by Crippen LogP contribution is -2.48. The molecule has 0 bridgehead atoms. The number of carboxylic acid groups (broad SMARTS) is 1. The number of carbonyl (C=O) groups excluding carboxylic acids is 1. The Bertz CT molecular complexity index is 727. The number of hydrogen-bond acceptors (Lipinski definition) is 9. The molecule has 0 saturated heterocycles. The monoisotopic (exact) mass is 392 g/mol. The molecule has 0 radical (unpaired) electrons. The van der Waals surface area contributed by atoms with Gasteiger partial charge in [0.15, 0.2) is 0 Å². The largest absolute Gasteiger partial charge is 0.475 e. The maximum Gasteiger partial charge on any atom is 0.372 e. The van der Waals surface area contributed by atoms with Crippen molar-refractivity contribution in [3.63, 3.8) is 0 Å². The second-order valence-electron chi connectivity index (χ2n) is 5.57. The number of rotatable bonds is 10. The summed E-state index contributed by atoms with van der Waals surface area (Å²) in [6, 6.07) is 5.47. The number of Topliss-reactive ketones (excluding diaryl/α,β-unsaturated/α-hetero) is 1. The van der Waals surface area contributed by atoms with Crippen LogP contribution in [0.15, 0.2) is 29.2 Å². The number of hydrogen-bond donors (Lipinski definition) is 5. The standard InChI is InChI=1S/C15H20O10S/c1-8-2-4-9(5-3-8)26(23,24)25-12(7-16)14(20)13(19)10(17)6-11(18)15(21)22/h2-5,10,12-14,16-17,19-20H,6-7H2,1H3,(H,21,22)/t10-,12-,13-,14-/m1/s1. The van der Waals surface area contributed by atoms with Crippen molar-refractivity contribution in [3.8, 4) is 0 Å². The summed E-state index contributed by atoms with van der Waals surface area (Å²) < 4.78 is 29.0. The van der Waals surface area contributed by atoms with Gasteiger partial charge in [0.25, 0.3) is 10.1 Å². The average Bonchev–Trinajstić information content (AvgIpc) is 2.58. The first-order valence-electron chi connectivity index (χ1n) is 7.40. The molecule has 0 aliphatic heterocycles. The van der Waals surface area contributed by atoms with Crippen LogP contribution in [0, 0.1) is 6.92 Å². The van der Waals surface area contributed by atoms with E-state index in [4.69, 9.17) is 9.29 Å². The van der Waals surface area contributed by atoms with Gasteiger partial charge in [-0.3, -0.25) is 8.98 Å². The van der Waals surface area contributed by atoms with E-state index in [0.717, 1.165) is 5.56 Å². The molecule has 26 heavy (non-hydrogen) atoms. The van der Waals surface area contributed by atoms with Crippen molar-refractivity contribution < 1.29 is 47.7 Å². The molecule has 1 rings (SSSR count). The molecule has 10 nitrogen and oxygen atoms in total. The molecular weight excluding hydrogens is 372 g/mol. The summed E-state index contributed by atoms with van der Waals surface area (Å²) in [7, 11) is -4.40. The Morgan fingerprint density at radius 3 is 2.08 bits per heavy atom. The molecule has 11 heteroatoms. The fourth-order valence-electron chi connectivity index (χ4n) is 1.96. The van der Waals surface area contributed by atoms with Crippen molar-refractivity contribution in [1.29, 1.82) is 0 Å². The number of carboxylic acids is 1. The molecule has 0 aromatic heterocycles. The number of aliphatic hydroxyl groups is 4. The third-order valence-corrected chi connectivity index (χ3v) is 4.85. The Balaban J connectivity index is 2.87. The van der Waals surface area contributed by atoms with Crippen LogP contribution in [-0.4, -0.2) is 76.7 Å². The normalized spacial score (nSPS) is 16.5. The van der Waals surface area contributed by atoms with Crippen LogP contribution < -0.4 is 0 Å². The van der Waals surface area contributed by atoms with E-state index in [1.807, 2.05) is 0 Å². The topological polar surface area (TPSA) is 179 Å². The van der Waals surface area contributed by atoms with Crippen LogP contribution in [0.1, 0.15) is 12.0 Å². The van der Waals surface area contributed by atoms with Crippen LogP contribution in [-0.2, 0) is 23.9 Å². The lowest BCUT2D eigenvalue weighted by atomic mass is 9.99. The first-order chi connectivity index (χ1) is 12.0. The van der Waals surface area contributed by atoms with Crippen molar-refractivity contribution in [2.45, 2.75) is 42.7 Å². The van der Waals surface area contributed by atoms with Gasteiger partial charge < -0.3 is 25.5 Å². The van der Waals surface area contributed by atoms with Gasteiger partial charge in [-0.2, -0.15) is 8.42 Å². The Morgan fingerprint density at radius 1 is 1.08 bits per heavy atom. The van der Waals surface area contributed by atoms with E-state index in [1.165, 1.54) is 24.3 Å². The van der Waals surface area contributed by atoms with Crippen LogP contribution in [0.3, 0.4) is 0 Å². The number of ketones is 1. The lowest BCUT2D eigenvalue weighted by Gasteiger charge is -2.27. The predicted octanol–water partition coefficient (Wildman–Crippen LogP) is -1.81. The van der Waals surface area contributed by atoms with Crippen molar-refractivity contribution >= 4 is 21.9 Å². The van der Waals surface area contributed by atoms with Crippen molar-refractivity contribution in [2.24, 2.45) is 0 Å². The number of aliphatic hydroxyl groups excluding tert-OH is 4. The lowest BCUT2D eigenvalue weighted by molar-refractivity contribution is -0.152. The third-order valence-electron chi connectivity index (χ3n) is 3.50. The summed E-state index contributed by atoms with van der Waals surface area (Å²) in [6.45, 7) is 0.691. The van der Waals surface area contributed by atoms with Gasteiger partial charge in [-0.05, 0) is 19.1 Å². The molecule has 0 unspecified atom stereocenters. The van der Waals surface area contributed by atoms with Crippen LogP contribution in [0.2, 0.25) is 0 Å². The van der Waals surface area contributed by atoms with Gasteiger partial charge in [-0.25, -0.2) is 4.79 Å². The van der Waals surface area contributed by atoms with E-state index in [1.54, 1.807) is 6.92 Å². The number of aryl methyl sites for hydroxylation is 1. The smallest absolute Gasteiger partial charge is 0.372 e. The molecular formula is C15H20O10S. The highest BCUT2D eigenvalue weighted by Crippen LogP contribution is 2.19. The highest BCUT2D eigenvalue weighted by Gasteiger charge is 2.36. The molecule has 0 amide bonds. The summed E-state index contributed by atoms with van der Waals surface area (Å²) in [6.07, 6.45) is -9.13. The molecule has 1 aromatic rings. The van der Waals surface area contributed by atoms with Crippen LogP contribution in [0.5, 0.6) is 0 Å². The summed E-state index contributed by atoms with van der Waals surface area (Å²) in [5.41, 5.74) is 0.782. The third kappa shape index (κ3) is 5.83. The van der Waals surface area contributed by atoms with Gasteiger partial charge in [0.05, 0.1) is 17.6 Å². The minimum Gasteiger partial charge on any atom is -0.475 e. The zero-order chi connectivity index (χ0) is 20.1. The van der Waals surface area contributed by atoms with Gasteiger partial charge in [0.1, 0.15) is 18.3 Å². The first-order valence-corrected chi connectivity index (χ1v) is 8.81. The molecule has 0 spiro atoms. The Hall–Kier alpha value is -1.89. The van der Waals surface area contributed by atoms with Gasteiger partial charge in [-0.1, -0.05) is 17.7 Å². The minimum absolute atomic E-state index is 0.259. The quantitative estimate of drug-likeness (QED) is 0.225. The number of benzene rings is 1. The second-order valence-corrected chi connectivity index (χ2v) is 7.14. The predicted molar refractivity (Wildman–Crippen MR) is 85.6 cm³/mol. The zero-order valence-corrected chi connectivity index (χ0v) is 14.5. The summed E-state index contributed by atoms with van der Waals surface area (Å²) in [5, 5.41) is 47.0. The SMILES string of the molecule is Cc1ccc(S(=O)(=O)O[C@H](CO)[C@@H](O)[C@H](O)[C@H](O)CC(=O)C(=O)O)cc1. The van der Waals surface area contributed by atoms with Crippen LogP contribution in [0.25, 0.3) is 0 Å². The Morgan fingerprint density at radius 2 is 1.62 bits per heavy atom. The van der Waals surface area contributed by atoms with E-state index < -0.39 is 59.3 Å². The molecule has 1 aromatic carbocycles. The van der Waals surface area contributed by atoms with Crippen LogP contribution in [0.4, 0.5) is 0 Å². The van der Waals surface area contributed by atoms with E-state index in [9.17, 15) is 38.4 Å². The van der Waals surface area contributed by atoms with E-state index >= 15 is 0 Å². The Labute approximate surface area is 149 Å². The van der Waals surface area contributed by atoms with Gasteiger partial charge in [-0.15, -0.1) is 0 Å². The molecule has 0 fully saturated rings. The number of aliphatic carboxylic acids is 1. The Kier molecular flexibility index (Phi) is 7.81. The first kappa shape index (κ1) is 22.2. The number of carbonyl (C=O) groups is 2. The highest BCUT2D eigenvalue weighted by molar-refractivity contribution is 7.86. The molecule has 0 aliphatic rings. The fraction of sp³-hybridized carbons (Fsp3) is 0.467. The highest BCUT2D eigenvalue weighted by atomic mass is 32.2. The van der Waals surface area contributed by atoms with Gasteiger partial charge in [0, 0.05) is 6.42 Å². The molecule has 5 N–H and O–H groups in total.